The van der Waals surface area contributed by atoms with Gasteiger partial charge in [-0.2, -0.15) is 0 Å². The van der Waals surface area contributed by atoms with Gasteiger partial charge in [0.05, 0.1) is 12.1 Å². The van der Waals surface area contributed by atoms with Gasteiger partial charge in [-0.25, -0.2) is 0 Å². The van der Waals surface area contributed by atoms with Crippen molar-refractivity contribution in [3.8, 4) is 0 Å². The average molecular weight is 271 g/mol. The normalized spacial score (nSPS) is 14.9. The second-order valence-electron chi connectivity index (χ2n) is 4.30. The van der Waals surface area contributed by atoms with Crippen molar-refractivity contribution in [1.29, 1.82) is 0 Å². The molecule has 6 nitrogen and oxygen atoms in total. The van der Waals surface area contributed by atoms with Crippen molar-refractivity contribution >= 4 is 17.8 Å². The van der Waals surface area contributed by atoms with Gasteiger partial charge in [-0.05, 0) is 19.8 Å². The number of amides is 1. The minimum atomic E-state index is -1.43. The molecule has 0 fully saturated rings. The predicted octanol–water partition coefficient (Wildman–Crippen LogP) is 1.11. The lowest BCUT2D eigenvalue weighted by Gasteiger charge is -2.23. The molecular formula is C13H21NO5. The van der Waals surface area contributed by atoms with E-state index in [-0.39, 0.29) is 12.5 Å². The van der Waals surface area contributed by atoms with Crippen molar-refractivity contribution in [2.75, 3.05) is 0 Å². The summed E-state index contributed by atoms with van der Waals surface area (Å²) in [5, 5.41) is 11.6. The van der Waals surface area contributed by atoms with E-state index < -0.39 is 29.8 Å². The van der Waals surface area contributed by atoms with Gasteiger partial charge in [0, 0.05) is 6.92 Å². The first kappa shape index (κ1) is 17.2. The molecule has 6 heteroatoms. The lowest BCUT2D eigenvalue weighted by molar-refractivity contribution is -0.163. The Morgan fingerprint density at radius 3 is 2.37 bits per heavy atom. The Hall–Kier alpha value is -1.85. The van der Waals surface area contributed by atoms with E-state index in [1.54, 1.807) is 6.92 Å². The summed E-state index contributed by atoms with van der Waals surface area (Å²) in [5.41, 5.74) is 0. The van der Waals surface area contributed by atoms with Crippen LogP contribution in [0.25, 0.3) is 0 Å². The zero-order valence-corrected chi connectivity index (χ0v) is 11.5. The second-order valence-corrected chi connectivity index (χ2v) is 4.30. The first-order valence-electron chi connectivity index (χ1n) is 6.14. The van der Waals surface area contributed by atoms with Crippen LogP contribution in [0.1, 0.15) is 33.6 Å². The van der Waals surface area contributed by atoms with Gasteiger partial charge in [0.15, 0.2) is 5.92 Å². The van der Waals surface area contributed by atoms with Gasteiger partial charge in [0.1, 0.15) is 0 Å². The van der Waals surface area contributed by atoms with Crippen molar-refractivity contribution < 1.29 is 24.2 Å². The summed E-state index contributed by atoms with van der Waals surface area (Å²) in [6.07, 6.45) is 1.85. The van der Waals surface area contributed by atoms with Gasteiger partial charge in [0.2, 0.25) is 5.91 Å². The number of carboxylic acids is 1. The van der Waals surface area contributed by atoms with E-state index in [1.807, 2.05) is 6.92 Å². The van der Waals surface area contributed by atoms with Gasteiger partial charge in [-0.3, -0.25) is 14.4 Å². The lowest BCUT2D eigenvalue weighted by Crippen LogP contribution is -2.47. The van der Waals surface area contributed by atoms with Gasteiger partial charge >= 0.3 is 11.9 Å². The topological polar surface area (TPSA) is 92.7 Å². The average Bonchev–Trinajstić information content (AvgIpc) is 2.27. The lowest BCUT2D eigenvalue weighted by atomic mass is 9.96. The third-order valence-corrected chi connectivity index (χ3v) is 2.62. The first-order valence-corrected chi connectivity index (χ1v) is 6.14. The number of hydrogen-bond acceptors (Lipinski definition) is 4. The van der Waals surface area contributed by atoms with Crippen molar-refractivity contribution in [2.24, 2.45) is 5.92 Å². The minimum Gasteiger partial charge on any atom is -0.481 e. The summed E-state index contributed by atoms with van der Waals surface area (Å²) < 4.78 is 5.03. The summed E-state index contributed by atoms with van der Waals surface area (Å²) in [5.74, 6) is -4.01. The first-order chi connectivity index (χ1) is 8.83. The maximum Gasteiger partial charge on any atom is 0.322 e. The smallest absolute Gasteiger partial charge is 0.322 e. The number of carboxylic acid groups (broad SMARTS) is 1. The molecule has 0 radical (unpaired) electrons. The largest absolute Gasteiger partial charge is 0.481 e. The molecule has 3 atom stereocenters. The van der Waals surface area contributed by atoms with E-state index >= 15 is 0 Å². The van der Waals surface area contributed by atoms with E-state index in [1.165, 1.54) is 13.0 Å². The number of nitrogens with one attached hydrogen (secondary N) is 1. The zero-order valence-electron chi connectivity index (χ0n) is 11.5. The highest BCUT2D eigenvalue weighted by Crippen LogP contribution is 2.13. The van der Waals surface area contributed by atoms with Crippen molar-refractivity contribution in [3.63, 3.8) is 0 Å². The van der Waals surface area contributed by atoms with Crippen LogP contribution in [0.4, 0.5) is 0 Å². The second kappa shape index (κ2) is 8.29. The van der Waals surface area contributed by atoms with Crippen molar-refractivity contribution in [1.82, 2.24) is 5.32 Å². The maximum absolute atomic E-state index is 11.9. The zero-order chi connectivity index (χ0) is 15.0. The van der Waals surface area contributed by atoms with Gasteiger partial charge in [-0.15, -0.1) is 6.58 Å². The van der Waals surface area contributed by atoms with E-state index in [4.69, 9.17) is 9.84 Å². The quantitative estimate of drug-likeness (QED) is 0.392. The van der Waals surface area contributed by atoms with Crippen LogP contribution < -0.4 is 5.32 Å². The number of carbonyl (C=O) groups excluding carboxylic acids is 2. The molecule has 0 aliphatic rings. The Labute approximate surface area is 112 Å². The summed E-state index contributed by atoms with van der Waals surface area (Å²) in [6, 6.07) is -0.857. The number of carbonyl (C=O) groups is 3. The fourth-order valence-electron chi connectivity index (χ4n) is 1.51. The standard InChI is InChI=1S/C13H21NO5/c1-5-7-10(14-9(4)15)11(12(16)17)13(18)19-8(3)6-2/h5,8,10-11H,1,6-7H2,2-4H3,(H,14,15)(H,16,17). The van der Waals surface area contributed by atoms with Gasteiger partial charge in [0.25, 0.3) is 0 Å². The summed E-state index contributed by atoms with van der Waals surface area (Å²) in [7, 11) is 0. The number of esters is 1. The molecule has 0 heterocycles. The monoisotopic (exact) mass is 271 g/mol. The third kappa shape index (κ3) is 6.03. The Morgan fingerprint density at radius 2 is 2.00 bits per heavy atom. The summed E-state index contributed by atoms with van der Waals surface area (Å²) in [6.45, 7) is 8.25. The Balaban J connectivity index is 5.01. The number of hydrogen-bond donors (Lipinski definition) is 2. The molecule has 0 saturated carbocycles. The van der Waals surface area contributed by atoms with E-state index in [9.17, 15) is 14.4 Å². The molecule has 0 aromatic carbocycles. The van der Waals surface area contributed by atoms with Crippen LogP contribution in [0.5, 0.6) is 0 Å². The predicted molar refractivity (Wildman–Crippen MR) is 69.4 cm³/mol. The summed E-state index contributed by atoms with van der Waals surface area (Å²) in [4.78, 5) is 34.2. The fourth-order valence-corrected chi connectivity index (χ4v) is 1.51. The van der Waals surface area contributed by atoms with Gasteiger partial charge < -0.3 is 15.2 Å². The number of rotatable bonds is 8. The third-order valence-electron chi connectivity index (χ3n) is 2.62. The fraction of sp³-hybridized carbons (Fsp3) is 0.615. The van der Waals surface area contributed by atoms with Crippen LogP contribution in [-0.2, 0) is 19.1 Å². The molecule has 2 N–H and O–H groups in total. The van der Waals surface area contributed by atoms with E-state index in [0.717, 1.165) is 0 Å². The van der Waals surface area contributed by atoms with Crippen LogP contribution in [0.3, 0.4) is 0 Å². The van der Waals surface area contributed by atoms with E-state index in [2.05, 4.69) is 11.9 Å². The molecule has 0 aliphatic carbocycles. The molecule has 0 aromatic rings. The molecule has 0 saturated heterocycles. The highest BCUT2D eigenvalue weighted by molar-refractivity contribution is 5.95. The molecule has 108 valence electrons. The molecule has 1 amide bonds. The van der Waals surface area contributed by atoms with Crippen molar-refractivity contribution in [2.45, 2.75) is 45.8 Å². The highest BCUT2D eigenvalue weighted by Gasteiger charge is 2.36. The van der Waals surface area contributed by atoms with Crippen LogP contribution in [-0.4, -0.2) is 35.1 Å². The number of aliphatic carboxylic acids is 1. The molecule has 0 rings (SSSR count). The Bertz CT molecular complexity index is 353. The minimum absolute atomic E-state index is 0.173. The molecule has 3 unspecified atom stereocenters. The highest BCUT2D eigenvalue weighted by atomic mass is 16.5. The Kier molecular flexibility index (Phi) is 7.48. The Morgan fingerprint density at radius 1 is 1.42 bits per heavy atom. The maximum atomic E-state index is 11.9. The van der Waals surface area contributed by atoms with Crippen LogP contribution in [0.2, 0.25) is 0 Å². The molecule has 0 spiro atoms. The molecule has 0 aliphatic heterocycles. The summed E-state index contributed by atoms with van der Waals surface area (Å²) >= 11 is 0. The molecular weight excluding hydrogens is 250 g/mol. The SMILES string of the molecule is C=CCC(NC(C)=O)C(C(=O)O)C(=O)OC(C)CC. The van der Waals surface area contributed by atoms with Crippen LogP contribution >= 0.6 is 0 Å². The molecule has 0 bridgehead atoms. The molecule has 0 aromatic heterocycles. The van der Waals surface area contributed by atoms with Gasteiger partial charge in [-0.1, -0.05) is 13.0 Å². The van der Waals surface area contributed by atoms with Crippen LogP contribution in [0.15, 0.2) is 12.7 Å². The molecule has 19 heavy (non-hydrogen) atoms. The van der Waals surface area contributed by atoms with E-state index in [0.29, 0.717) is 6.42 Å². The van der Waals surface area contributed by atoms with Crippen molar-refractivity contribution in [3.05, 3.63) is 12.7 Å². The number of ether oxygens (including phenoxy) is 1. The van der Waals surface area contributed by atoms with Crippen LogP contribution in [0, 0.1) is 5.92 Å².